The number of carbonyl (C=O) groups is 2. The van der Waals surface area contributed by atoms with Crippen molar-refractivity contribution in [3.8, 4) is 0 Å². The number of amides is 1. The minimum Gasteiger partial charge on any atom is -0.465 e. The maximum atomic E-state index is 12.2. The first kappa shape index (κ1) is 17.5. The second-order valence-corrected chi connectivity index (χ2v) is 7.15. The van der Waals surface area contributed by atoms with Gasteiger partial charge in [-0.25, -0.2) is 9.78 Å². The minimum atomic E-state index is -0.460. The number of aromatic nitrogens is 1. The Bertz CT molecular complexity index is 883. The normalized spacial score (nSPS) is 10.8. The van der Waals surface area contributed by atoms with Crippen LogP contribution in [0.15, 0.2) is 40.0 Å². The SMILES string of the molecule is CCc1cc(C(=O)OC)c(NC(=O)CSc2nc3ccccc3o2)s1. The summed E-state index contributed by atoms with van der Waals surface area (Å²) < 4.78 is 10.3. The lowest BCUT2D eigenvalue weighted by atomic mass is 10.2. The lowest BCUT2D eigenvalue weighted by Crippen LogP contribution is -2.15. The van der Waals surface area contributed by atoms with E-state index in [1.807, 2.05) is 31.2 Å². The van der Waals surface area contributed by atoms with Crippen LogP contribution in [0.5, 0.6) is 0 Å². The highest BCUT2D eigenvalue weighted by molar-refractivity contribution is 7.99. The Balaban J connectivity index is 1.66. The van der Waals surface area contributed by atoms with Gasteiger partial charge in [0.2, 0.25) is 5.91 Å². The molecular weight excluding hydrogens is 360 g/mol. The molecule has 0 saturated carbocycles. The molecule has 0 aliphatic carbocycles. The average Bonchev–Trinajstić information content (AvgIpc) is 3.22. The smallest absolute Gasteiger partial charge is 0.340 e. The van der Waals surface area contributed by atoms with Crippen molar-refractivity contribution in [2.24, 2.45) is 0 Å². The van der Waals surface area contributed by atoms with Crippen LogP contribution in [0.1, 0.15) is 22.2 Å². The van der Waals surface area contributed by atoms with Crippen LogP contribution in [0.25, 0.3) is 11.1 Å². The third kappa shape index (κ3) is 4.02. The van der Waals surface area contributed by atoms with Gasteiger partial charge >= 0.3 is 5.97 Å². The van der Waals surface area contributed by atoms with Gasteiger partial charge in [-0.2, -0.15) is 0 Å². The number of anilines is 1. The van der Waals surface area contributed by atoms with Crippen LogP contribution in [-0.2, 0) is 16.0 Å². The van der Waals surface area contributed by atoms with Crippen LogP contribution in [0.3, 0.4) is 0 Å². The van der Waals surface area contributed by atoms with Gasteiger partial charge in [0, 0.05) is 4.88 Å². The summed E-state index contributed by atoms with van der Waals surface area (Å²) >= 11 is 2.58. The average molecular weight is 376 g/mol. The highest BCUT2D eigenvalue weighted by Gasteiger charge is 2.18. The molecule has 2 heterocycles. The zero-order chi connectivity index (χ0) is 17.8. The fraction of sp³-hybridized carbons (Fsp3) is 0.235. The number of carbonyl (C=O) groups excluding carboxylic acids is 2. The first-order chi connectivity index (χ1) is 12.1. The second-order valence-electron chi connectivity index (χ2n) is 5.08. The summed E-state index contributed by atoms with van der Waals surface area (Å²) in [5.41, 5.74) is 1.82. The van der Waals surface area contributed by atoms with Crippen molar-refractivity contribution >= 4 is 51.1 Å². The molecule has 0 aliphatic rings. The van der Waals surface area contributed by atoms with Crippen LogP contribution >= 0.6 is 23.1 Å². The van der Waals surface area contributed by atoms with E-state index in [1.165, 1.54) is 30.2 Å². The molecule has 25 heavy (non-hydrogen) atoms. The third-order valence-corrected chi connectivity index (χ3v) is 5.41. The number of methoxy groups -OCH3 is 1. The van der Waals surface area contributed by atoms with Crippen LogP contribution in [0.2, 0.25) is 0 Å². The largest absolute Gasteiger partial charge is 0.465 e. The molecule has 3 rings (SSSR count). The number of nitrogens with one attached hydrogen (secondary N) is 1. The quantitative estimate of drug-likeness (QED) is 0.518. The van der Waals surface area contributed by atoms with Crippen molar-refractivity contribution in [1.82, 2.24) is 4.98 Å². The molecule has 3 aromatic rings. The number of thiophene rings is 1. The van der Waals surface area contributed by atoms with Crippen LogP contribution in [0, 0.1) is 0 Å². The third-order valence-electron chi connectivity index (χ3n) is 3.39. The summed E-state index contributed by atoms with van der Waals surface area (Å²) in [5.74, 6) is -0.563. The summed E-state index contributed by atoms with van der Waals surface area (Å²) in [4.78, 5) is 29.4. The molecule has 0 unspecified atom stereocenters. The number of hydrogen-bond donors (Lipinski definition) is 1. The molecule has 130 valence electrons. The number of rotatable bonds is 6. The molecule has 0 saturated heterocycles. The van der Waals surface area contributed by atoms with Gasteiger partial charge < -0.3 is 14.5 Å². The first-order valence-corrected chi connectivity index (χ1v) is 9.40. The Hall–Kier alpha value is -2.32. The van der Waals surface area contributed by atoms with Crippen LogP contribution in [-0.4, -0.2) is 29.7 Å². The molecule has 1 amide bonds. The zero-order valence-corrected chi connectivity index (χ0v) is 15.3. The van der Waals surface area contributed by atoms with Crippen LogP contribution < -0.4 is 5.32 Å². The van der Waals surface area contributed by atoms with Crippen molar-refractivity contribution < 1.29 is 18.7 Å². The Morgan fingerprint density at radius 2 is 2.16 bits per heavy atom. The maximum absolute atomic E-state index is 12.2. The molecular formula is C17H16N2O4S2. The van der Waals surface area contributed by atoms with Crippen LogP contribution in [0.4, 0.5) is 5.00 Å². The van der Waals surface area contributed by atoms with Gasteiger partial charge in [0.1, 0.15) is 10.5 Å². The Morgan fingerprint density at radius 1 is 1.36 bits per heavy atom. The van der Waals surface area contributed by atoms with E-state index in [1.54, 1.807) is 6.07 Å². The second kappa shape index (κ2) is 7.71. The van der Waals surface area contributed by atoms with Gasteiger partial charge in [0.15, 0.2) is 5.58 Å². The summed E-state index contributed by atoms with van der Waals surface area (Å²) in [7, 11) is 1.32. The number of oxazole rings is 1. The Morgan fingerprint density at radius 3 is 2.88 bits per heavy atom. The predicted molar refractivity (Wildman–Crippen MR) is 98.4 cm³/mol. The summed E-state index contributed by atoms with van der Waals surface area (Å²) in [6.07, 6.45) is 0.780. The molecule has 0 radical (unpaired) electrons. The van der Waals surface area contributed by atoms with Gasteiger partial charge in [-0.3, -0.25) is 4.79 Å². The van der Waals surface area contributed by atoms with Crippen molar-refractivity contribution in [2.45, 2.75) is 18.6 Å². The maximum Gasteiger partial charge on any atom is 0.340 e. The molecule has 1 N–H and O–H groups in total. The molecule has 0 atom stereocenters. The van der Waals surface area contributed by atoms with E-state index in [0.29, 0.717) is 21.4 Å². The van der Waals surface area contributed by atoms with Crippen molar-refractivity contribution in [3.05, 3.63) is 40.8 Å². The lowest BCUT2D eigenvalue weighted by Gasteiger charge is -2.04. The van der Waals surface area contributed by atoms with Crippen molar-refractivity contribution in [3.63, 3.8) is 0 Å². The molecule has 6 nitrogen and oxygen atoms in total. The minimum absolute atomic E-state index is 0.132. The number of fused-ring (bicyclic) bond motifs is 1. The number of hydrogen-bond acceptors (Lipinski definition) is 7. The number of ether oxygens (including phenoxy) is 1. The molecule has 0 fully saturated rings. The monoisotopic (exact) mass is 376 g/mol. The molecule has 1 aromatic carbocycles. The number of nitrogens with zero attached hydrogens (tertiary/aromatic N) is 1. The molecule has 0 spiro atoms. The first-order valence-electron chi connectivity index (χ1n) is 7.60. The van der Waals surface area contributed by atoms with E-state index < -0.39 is 5.97 Å². The van der Waals surface area contributed by atoms with E-state index >= 15 is 0 Å². The van der Waals surface area contributed by atoms with E-state index in [0.717, 1.165) is 16.8 Å². The number of thioether (sulfide) groups is 1. The van der Waals surface area contributed by atoms with E-state index in [4.69, 9.17) is 9.15 Å². The van der Waals surface area contributed by atoms with Gasteiger partial charge in [-0.05, 0) is 24.6 Å². The highest BCUT2D eigenvalue weighted by atomic mass is 32.2. The van der Waals surface area contributed by atoms with Gasteiger partial charge in [-0.15, -0.1) is 11.3 Å². The summed E-state index contributed by atoms with van der Waals surface area (Å²) in [6.45, 7) is 1.99. The topological polar surface area (TPSA) is 81.4 Å². The predicted octanol–water partition coefficient (Wildman–Crippen LogP) is 3.97. The lowest BCUT2D eigenvalue weighted by molar-refractivity contribution is -0.113. The number of para-hydroxylation sites is 2. The summed E-state index contributed by atoms with van der Waals surface area (Å²) in [6, 6.07) is 9.17. The number of esters is 1. The fourth-order valence-corrected chi connectivity index (χ4v) is 3.81. The summed E-state index contributed by atoms with van der Waals surface area (Å²) in [5, 5.41) is 3.71. The van der Waals surface area contributed by atoms with Gasteiger partial charge in [0.25, 0.3) is 5.22 Å². The Labute approximate surface area is 152 Å². The van der Waals surface area contributed by atoms with Crippen molar-refractivity contribution in [2.75, 3.05) is 18.2 Å². The van der Waals surface area contributed by atoms with E-state index in [-0.39, 0.29) is 11.7 Å². The molecule has 8 heteroatoms. The zero-order valence-electron chi connectivity index (χ0n) is 13.7. The van der Waals surface area contributed by atoms with E-state index in [9.17, 15) is 9.59 Å². The van der Waals surface area contributed by atoms with E-state index in [2.05, 4.69) is 10.3 Å². The van der Waals surface area contributed by atoms with Gasteiger partial charge in [0.05, 0.1) is 18.4 Å². The molecule has 2 aromatic heterocycles. The highest BCUT2D eigenvalue weighted by Crippen LogP contribution is 2.30. The standard InChI is InChI=1S/C17H16N2O4S2/c1-3-10-8-11(16(21)22-2)15(25-10)19-14(20)9-24-17-18-12-6-4-5-7-13(12)23-17/h4-8H,3,9H2,1-2H3,(H,19,20). The van der Waals surface area contributed by atoms with Crippen molar-refractivity contribution in [1.29, 1.82) is 0 Å². The van der Waals surface area contributed by atoms with Gasteiger partial charge in [-0.1, -0.05) is 30.8 Å². The number of benzene rings is 1. The number of aryl methyl sites for hydroxylation is 1. The molecule has 0 aliphatic heterocycles. The Kier molecular flexibility index (Phi) is 5.40. The fourth-order valence-electron chi connectivity index (χ4n) is 2.17. The molecule has 0 bridgehead atoms.